The minimum Gasteiger partial charge on any atom is -0.493 e. The van der Waals surface area contributed by atoms with E-state index in [0.29, 0.717) is 37.4 Å². The molecule has 8 heteroatoms. The largest absolute Gasteiger partial charge is 0.493 e. The summed E-state index contributed by atoms with van der Waals surface area (Å²) >= 11 is 5.50. The van der Waals surface area contributed by atoms with E-state index in [-0.39, 0.29) is 37.1 Å². The molecule has 0 saturated carbocycles. The molecule has 0 aliphatic carbocycles. The fourth-order valence-corrected chi connectivity index (χ4v) is 2.65. The Morgan fingerprint density at radius 1 is 1.24 bits per heavy atom. The van der Waals surface area contributed by atoms with E-state index in [0.717, 1.165) is 0 Å². The Balaban J connectivity index is 1.71. The Hall–Kier alpha value is -2.15. The summed E-state index contributed by atoms with van der Waals surface area (Å²) in [4.78, 5) is 25.4. The number of alkyl halides is 1. The van der Waals surface area contributed by atoms with Crippen LogP contribution in [-0.2, 0) is 9.53 Å². The first-order chi connectivity index (χ1) is 12.1. The number of ether oxygens (including phenoxy) is 3. The fourth-order valence-electron chi connectivity index (χ4n) is 2.57. The highest BCUT2D eigenvalue weighted by Gasteiger charge is 2.24. The first-order valence-electron chi connectivity index (χ1n) is 8.17. The minimum atomic E-state index is -0.357. The molecular formula is C17H23ClN2O5. The number of carbonyl (C=O) groups excluding carboxylic acids is 2. The molecular weight excluding hydrogens is 348 g/mol. The van der Waals surface area contributed by atoms with Gasteiger partial charge in [0.1, 0.15) is 6.61 Å². The van der Waals surface area contributed by atoms with Crippen LogP contribution in [0.5, 0.6) is 11.5 Å². The van der Waals surface area contributed by atoms with Crippen molar-refractivity contribution in [3.05, 3.63) is 24.3 Å². The van der Waals surface area contributed by atoms with Crippen molar-refractivity contribution in [1.82, 2.24) is 10.2 Å². The molecule has 1 N–H and O–H groups in total. The van der Waals surface area contributed by atoms with Gasteiger partial charge in [-0.1, -0.05) is 12.1 Å². The van der Waals surface area contributed by atoms with Gasteiger partial charge in [0, 0.05) is 19.1 Å². The third kappa shape index (κ3) is 6.01. The summed E-state index contributed by atoms with van der Waals surface area (Å²) in [5.74, 6) is 1.19. The smallest absolute Gasteiger partial charge is 0.409 e. The minimum absolute atomic E-state index is 0.0193. The van der Waals surface area contributed by atoms with Crippen LogP contribution in [0, 0.1) is 0 Å². The molecule has 1 aromatic rings. The molecule has 0 unspecified atom stereocenters. The van der Waals surface area contributed by atoms with Crippen LogP contribution in [0.4, 0.5) is 4.79 Å². The predicted octanol–water partition coefficient (Wildman–Crippen LogP) is 2.03. The molecule has 2 amide bonds. The molecule has 1 aliphatic rings. The van der Waals surface area contributed by atoms with Gasteiger partial charge in [-0.25, -0.2) is 4.79 Å². The van der Waals surface area contributed by atoms with Crippen LogP contribution >= 0.6 is 11.6 Å². The van der Waals surface area contributed by atoms with Gasteiger partial charge in [0.05, 0.1) is 13.0 Å². The summed E-state index contributed by atoms with van der Waals surface area (Å²) in [7, 11) is 1.55. The van der Waals surface area contributed by atoms with Crippen LogP contribution in [-0.4, -0.2) is 62.2 Å². The molecule has 2 rings (SSSR count). The van der Waals surface area contributed by atoms with Crippen molar-refractivity contribution < 1.29 is 23.8 Å². The van der Waals surface area contributed by atoms with Crippen LogP contribution in [0.1, 0.15) is 12.8 Å². The van der Waals surface area contributed by atoms with Gasteiger partial charge in [0.15, 0.2) is 18.1 Å². The van der Waals surface area contributed by atoms with Crippen molar-refractivity contribution in [2.24, 2.45) is 0 Å². The van der Waals surface area contributed by atoms with Gasteiger partial charge in [-0.2, -0.15) is 0 Å². The average molecular weight is 371 g/mol. The van der Waals surface area contributed by atoms with Gasteiger partial charge >= 0.3 is 6.09 Å². The van der Waals surface area contributed by atoms with Gasteiger partial charge in [0.2, 0.25) is 0 Å². The number of hydrogen-bond acceptors (Lipinski definition) is 5. The van der Waals surface area contributed by atoms with Crippen molar-refractivity contribution in [2.75, 3.05) is 39.3 Å². The molecule has 0 atom stereocenters. The summed E-state index contributed by atoms with van der Waals surface area (Å²) in [5, 5.41) is 2.92. The van der Waals surface area contributed by atoms with Crippen molar-refractivity contribution in [3.63, 3.8) is 0 Å². The summed E-state index contributed by atoms with van der Waals surface area (Å²) in [5.41, 5.74) is 0. The Kier molecular flexibility index (Phi) is 7.66. The maximum absolute atomic E-state index is 12.0. The second-order valence-corrected chi connectivity index (χ2v) is 5.95. The lowest BCUT2D eigenvalue weighted by molar-refractivity contribution is -0.124. The lowest BCUT2D eigenvalue weighted by atomic mass is 10.1. The highest BCUT2D eigenvalue weighted by Crippen LogP contribution is 2.25. The van der Waals surface area contributed by atoms with Gasteiger partial charge in [-0.05, 0) is 25.0 Å². The molecule has 0 bridgehead atoms. The molecule has 1 fully saturated rings. The molecule has 0 spiro atoms. The monoisotopic (exact) mass is 370 g/mol. The number of nitrogens with zero attached hydrogens (tertiary/aromatic N) is 1. The van der Waals surface area contributed by atoms with Crippen LogP contribution in [0.25, 0.3) is 0 Å². The number of halogens is 1. The summed E-state index contributed by atoms with van der Waals surface area (Å²) in [6.07, 6.45) is 0.997. The molecule has 1 aromatic carbocycles. The van der Waals surface area contributed by atoms with Crippen LogP contribution in [0.3, 0.4) is 0 Å². The van der Waals surface area contributed by atoms with E-state index in [1.165, 1.54) is 0 Å². The number of rotatable bonds is 7. The number of amides is 2. The highest BCUT2D eigenvalue weighted by atomic mass is 35.5. The Labute approximate surface area is 152 Å². The lowest BCUT2D eigenvalue weighted by Gasteiger charge is -2.31. The third-order valence-electron chi connectivity index (χ3n) is 3.85. The van der Waals surface area contributed by atoms with Gasteiger partial charge in [0.25, 0.3) is 5.91 Å². The fraction of sp³-hybridized carbons (Fsp3) is 0.529. The zero-order valence-corrected chi connectivity index (χ0v) is 15.0. The number of hydrogen-bond donors (Lipinski definition) is 1. The third-order valence-corrected chi connectivity index (χ3v) is 4.00. The van der Waals surface area contributed by atoms with Gasteiger partial charge in [-0.15, -0.1) is 11.6 Å². The lowest BCUT2D eigenvalue weighted by Crippen LogP contribution is -2.47. The van der Waals surface area contributed by atoms with Crippen molar-refractivity contribution in [3.8, 4) is 11.5 Å². The number of para-hydroxylation sites is 2. The number of likely N-dealkylation sites (tertiary alicyclic amines) is 1. The molecule has 138 valence electrons. The van der Waals surface area contributed by atoms with Crippen molar-refractivity contribution in [2.45, 2.75) is 18.9 Å². The summed E-state index contributed by atoms with van der Waals surface area (Å²) < 4.78 is 15.7. The maximum Gasteiger partial charge on any atom is 0.409 e. The summed E-state index contributed by atoms with van der Waals surface area (Å²) in [6, 6.07) is 7.18. The number of benzene rings is 1. The molecule has 7 nitrogen and oxygen atoms in total. The van der Waals surface area contributed by atoms with E-state index in [9.17, 15) is 9.59 Å². The molecule has 25 heavy (non-hydrogen) atoms. The predicted molar refractivity (Wildman–Crippen MR) is 93.3 cm³/mol. The molecule has 1 heterocycles. The van der Waals surface area contributed by atoms with E-state index in [1.807, 2.05) is 12.1 Å². The maximum atomic E-state index is 12.0. The van der Waals surface area contributed by atoms with Crippen LogP contribution in [0.15, 0.2) is 24.3 Å². The second kappa shape index (κ2) is 9.98. The summed E-state index contributed by atoms with van der Waals surface area (Å²) in [6.45, 7) is 1.20. The zero-order chi connectivity index (χ0) is 18.1. The Morgan fingerprint density at radius 3 is 2.56 bits per heavy atom. The van der Waals surface area contributed by atoms with Gasteiger partial charge in [-0.3, -0.25) is 4.79 Å². The normalized spacial score (nSPS) is 14.7. The topological polar surface area (TPSA) is 77.1 Å². The van der Waals surface area contributed by atoms with Crippen LogP contribution in [0.2, 0.25) is 0 Å². The first kappa shape index (κ1) is 19.2. The first-order valence-corrected chi connectivity index (χ1v) is 8.70. The van der Waals surface area contributed by atoms with Crippen molar-refractivity contribution in [1.29, 1.82) is 0 Å². The van der Waals surface area contributed by atoms with Crippen LogP contribution < -0.4 is 14.8 Å². The van der Waals surface area contributed by atoms with E-state index >= 15 is 0 Å². The van der Waals surface area contributed by atoms with E-state index < -0.39 is 0 Å². The zero-order valence-electron chi connectivity index (χ0n) is 14.2. The standard InChI is InChI=1S/C17H23ClN2O5/c1-23-14-4-2-3-5-15(14)25-12-16(21)19-13-6-9-20(10-7-13)17(22)24-11-8-18/h2-5,13H,6-12H2,1H3,(H,19,21). The average Bonchev–Trinajstić information content (AvgIpc) is 2.65. The quantitative estimate of drug-likeness (QED) is 0.743. The SMILES string of the molecule is COc1ccccc1OCC(=O)NC1CCN(C(=O)OCCCl)CC1. The van der Waals surface area contributed by atoms with Crippen molar-refractivity contribution >= 4 is 23.6 Å². The number of carbonyl (C=O) groups is 2. The molecule has 1 saturated heterocycles. The molecule has 0 aromatic heterocycles. The number of piperidine rings is 1. The molecule has 1 aliphatic heterocycles. The molecule has 0 radical (unpaired) electrons. The van der Waals surface area contributed by atoms with Gasteiger partial charge < -0.3 is 24.4 Å². The Morgan fingerprint density at radius 2 is 1.92 bits per heavy atom. The second-order valence-electron chi connectivity index (χ2n) is 5.57. The van der Waals surface area contributed by atoms with E-state index in [4.69, 9.17) is 25.8 Å². The highest BCUT2D eigenvalue weighted by molar-refractivity contribution is 6.18. The Bertz CT molecular complexity index is 576. The number of nitrogens with one attached hydrogen (secondary N) is 1. The number of methoxy groups -OCH3 is 1. The van der Waals surface area contributed by atoms with E-state index in [1.54, 1.807) is 24.1 Å². The van der Waals surface area contributed by atoms with E-state index in [2.05, 4.69) is 5.32 Å².